The summed E-state index contributed by atoms with van der Waals surface area (Å²) in [5.74, 6) is -0.310. The van der Waals surface area contributed by atoms with E-state index in [0.29, 0.717) is 11.0 Å². The number of fused-ring (bicyclic) bond motifs is 1. The molecule has 2 heterocycles. The van der Waals surface area contributed by atoms with Gasteiger partial charge in [0, 0.05) is 17.1 Å². The molecule has 3 rings (SSSR count). The van der Waals surface area contributed by atoms with Crippen LogP contribution >= 0.6 is 15.9 Å². The molecule has 2 aromatic rings. The van der Waals surface area contributed by atoms with E-state index in [4.69, 9.17) is 0 Å². The van der Waals surface area contributed by atoms with Gasteiger partial charge in [0.15, 0.2) is 0 Å². The quantitative estimate of drug-likeness (QED) is 0.916. The number of nitrogens with one attached hydrogen (secondary N) is 1. The molecule has 1 aliphatic heterocycles. The van der Waals surface area contributed by atoms with E-state index in [1.54, 1.807) is 12.1 Å². The standard InChI is InChI=1S/C14H13BrFN3O/c15-11-6-10(16)4-3-9(11)8-19-14(20)7-13-12(18-19)2-1-5-17-13/h3-4,6-7,17H,1-2,5,8H2. The summed E-state index contributed by atoms with van der Waals surface area (Å²) in [5, 5.41) is 7.58. The smallest absolute Gasteiger partial charge is 0.269 e. The van der Waals surface area contributed by atoms with Crippen molar-refractivity contribution in [2.45, 2.75) is 19.4 Å². The van der Waals surface area contributed by atoms with Gasteiger partial charge in [-0.15, -0.1) is 0 Å². The Hall–Kier alpha value is -1.69. The third kappa shape index (κ3) is 2.60. The zero-order chi connectivity index (χ0) is 14.1. The Morgan fingerprint density at radius 2 is 2.25 bits per heavy atom. The lowest BCUT2D eigenvalue weighted by Crippen LogP contribution is -2.27. The first kappa shape index (κ1) is 13.3. The van der Waals surface area contributed by atoms with Crippen LogP contribution in [0.5, 0.6) is 0 Å². The molecular formula is C14H13BrFN3O. The Labute approximate surface area is 123 Å². The van der Waals surface area contributed by atoms with Crippen molar-refractivity contribution in [3.05, 3.63) is 56.2 Å². The van der Waals surface area contributed by atoms with Crippen LogP contribution in [-0.4, -0.2) is 16.3 Å². The molecule has 1 aromatic carbocycles. The van der Waals surface area contributed by atoms with E-state index in [1.807, 2.05) is 0 Å². The lowest BCUT2D eigenvalue weighted by Gasteiger charge is -2.18. The van der Waals surface area contributed by atoms with E-state index in [-0.39, 0.29) is 11.4 Å². The number of benzene rings is 1. The lowest BCUT2D eigenvalue weighted by atomic mass is 10.1. The van der Waals surface area contributed by atoms with Crippen LogP contribution in [0.15, 0.2) is 33.5 Å². The third-order valence-electron chi connectivity index (χ3n) is 3.32. The Morgan fingerprint density at radius 1 is 1.40 bits per heavy atom. The van der Waals surface area contributed by atoms with Crippen LogP contribution in [0.1, 0.15) is 17.7 Å². The van der Waals surface area contributed by atoms with E-state index in [1.165, 1.54) is 16.8 Å². The van der Waals surface area contributed by atoms with Crippen LogP contribution < -0.4 is 10.9 Å². The normalized spacial score (nSPS) is 13.7. The fourth-order valence-electron chi connectivity index (χ4n) is 2.27. The summed E-state index contributed by atoms with van der Waals surface area (Å²) in [6, 6.07) is 6.01. The highest BCUT2D eigenvalue weighted by molar-refractivity contribution is 9.10. The molecule has 104 valence electrons. The predicted octanol–water partition coefficient (Wildman–Crippen LogP) is 2.55. The number of rotatable bonds is 2. The summed E-state index contributed by atoms with van der Waals surface area (Å²) >= 11 is 3.31. The highest BCUT2D eigenvalue weighted by Gasteiger charge is 2.13. The molecular weight excluding hydrogens is 325 g/mol. The number of anilines is 1. The Kier molecular flexibility index (Phi) is 3.56. The Balaban J connectivity index is 1.96. The second kappa shape index (κ2) is 5.36. The van der Waals surface area contributed by atoms with Gasteiger partial charge in [0.1, 0.15) is 5.82 Å². The Bertz CT molecular complexity index is 714. The van der Waals surface area contributed by atoms with Crippen molar-refractivity contribution >= 4 is 21.6 Å². The average Bonchev–Trinajstić information content (AvgIpc) is 2.42. The summed E-state index contributed by atoms with van der Waals surface area (Å²) in [4.78, 5) is 12.0. The summed E-state index contributed by atoms with van der Waals surface area (Å²) in [6.45, 7) is 1.20. The average molecular weight is 338 g/mol. The van der Waals surface area contributed by atoms with Gasteiger partial charge in [0.2, 0.25) is 0 Å². The van der Waals surface area contributed by atoms with Crippen LogP contribution in [0.3, 0.4) is 0 Å². The second-order valence-electron chi connectivity index (χ2n) is 4.77. The van der Waals surface area contributed by atoms with Gasteiger partial charge in [-0.1, -0.05) is 22.0 Å². The van der Waals surface area contributed by atoms with Crippen molar-refractivity contribution in [3.8, 4) is 0 Å². The topological polar surface area (TPSA) is 46.9 Å². The molecule has 1 N–H and O–H groups in total. The first-order valence-electron chi connectivity index (χ1n) is 6.42. The zero-order valence-electron chi connectivity index (χ0n) is 10.7. The fourth-order valence-corrected chi connectivity index (χ4v) is 2.75. The summed E-state index contributed by atoms with van der Waals surface area (Å²) in [7, 11) is 0. The fraction of sp³-hybridized carbons (Fsp3) is 0.286. The molecule has 1 aromatic heterocycles. The van der Waals surface area contributed by atoms with Crippen molar-refractivity contribution in [2.24, 2.45) is 0 Å². The minimum absolute atomic E-state index is 0.158. The van der Waals surface area contributed by atoms with Gasteiger partial charge >= 0.3 is 0 Å². The Morgan fingerprint density at radius 3 is 3.05 bits per heavy atom. The zero-order valence-corrected chi connectivity index (χ0v) is 12.3. The molecule has 20 heavy (non-hydrogen) atoms. The van der Waals surface area contributed by atoms with E-state index < -0.39 is 0 Å². The number of hydrogen-bond donors (Lipinski definition) is 1. The van der Waals surface area contributed by atoms with Crippen LogP contribution in [-0.2, 0) is 13.0 Å². The number of hydrogen-bond acceptors (Lipinski definition) is 3. The molecule has 0 spiro atoms. The molecule has 6 heteroatoms. The van der Waals surface area contributed by atoms with Crippen molar-refractivity contribution in [1.29, 1.82) is 0 Å². The summed E-state index contributed by atoms with van der Waals surface area (Å²) < 4.78 is 15.1. The highest BCUT2D eigenvalue weighted by atomic mass is 79.9. The van der Waals surface area contributed by atoms with Gasteiger partial charge in [0.05, 0.1) is 17.9 Å². The molecule has 0 radical (unpaired) electrons. The van der Waals surface area contributed by atoms with Gasteiger partial charge in [-0.3, -0.25) is 4.79 Å². The summed E-state index contributed by atoms with van der Waals surface area (Å²) in [5.41, 5.74) is 2.41. The molecule has 0 aliphatic carbocycles. The number of aryl methyl sites for hydroxylation is 1. The SMILES string of the molecule is O=c1cc2c(nn1Cc1ccc(F)cc1Br)CCCN2. The first-order chi connectivity index (χ1) is 9.63. The van der Waals surface area contributed by atoms with Gasteiger partial charge in [0.25, 0.3) is 5.56 Å². The second-order valence-corrected chi connectivity index (χ2v) is 5.62. The molecule has 0 fully saturated rings. The van der Waals surface area contributed by atoms with Crippen molar-refractivity contribution < 1.29 is 4.39 Å². The molecule has 0 unspecified atom stereocenters. The van der Waals surface area contributed by atoms with Crippen LogP contribution in [0, 0.1) is 5.82 Å². The summed E-state index contributed by atoms with van der Waals surface area (Å²) in [6.07, 6.45) is 1.88. The van der Waals surface area contributed by atoms with Crippen molar-refractivity contribution in [1.82, 2.24) is 9.78 Å². The van der Waals surface area contributed by atoms with E-state index >= 15 is 0 Å². The molecule has 4 nitrogen and oxygen atoms in total. The molecule has 0 saturated heterocycles. The van der Waals surface area contributed by atoms with Crippen LogP contribution in [0.4, 0.5) is 10.1 Å². The van der Waals surface area contributed by atoms with Crippen molar-refractivity contribution in [3.63, 3.8) is 0 Å². The first-order valence-corrected chi connectivity index (χ1v) is 7.21. The molecule has 0 saturated carbocycles. The van der Waals surface area contributed by atoms with E-state index in [9.17, 15) is 9.18 Å². The molecule has 1 aliphatic rings. The molecule has 0 atom stereocenters. The van der Waals surface area contributed by atoms with E-state index in [0.717, 1.165) is 36.3 Å². The van der Waals surface area contributed by atoms with E-state index in [2.05, 4.69) is 26.3 Å². The van der Waals surface area contributed by atoms with Crippen LogP contribution in [0.2, 0.25) is 0 Å². The number of aromatic nitrogens is 2. The predicted molar refractivity (Wildman–Crippen MR) is 78.5 cm³/mol. The monoisotopic (exact) mass is 337 g/mol. The minimum atomic E-state index is -0.310. The third-order valence-corrected chi connectivity index (χ3v) is 4.05. The van der Waals surface area contributed by atoms with Gasteiger partial charge in [-0.2, -0.15) is 5.10 Å². The number of halogens is 2. The minimum Gasteiger partial charge on any atom is -0.383 e. The molecule has 0 amide bonds. The maximum Gasteiger partial charge on any atom is 0.269 e. The maximum atomic E-state index is 13.1. The van der Waals surface area contributed by atoms with Crippen LogP contribution in [0.25, 0.3) is 0 Å². The number of nitrogens with zero attached hydrogens (tertiary/aromatic N) is 2. The largest absolute Gasteiger partial charge is 0.383 e. The van der Waals surface area contributed by atoms with Gasteiger partial charge in [-0.05, 0) is 30.5 Å². The van der Waals surface area contributed by atoms with Gasteiger partial charge in [-0.25, -0.2) is 9.07 Å². The molecule has 0 bridgehead atoms. The van der Waals surface area contributed by atoms with Gasteiger partial charge < -0.3 is 5.32 Å². The maximum absolute atomic E-state index is 13.1. The highest BCUT2D eigenvalue weighted by Crippen LogP contribution is 2.20. The van der Waals surface area contributed by atoms with Crippen molar-refractivity contribution in [2.75, 3.05) is 11.9 Å². The lowest BCUT2D eigenvalue weighted by molar-refractivity contribution is 0.601.